The van der Waals surface area contributed by atoms with Gasteiger partial charge in [0.25, 0.3) is 5.69 Å². The summed E-state index contributed by atoms with van der Waals surface area (Å²) < 4.78 is 11.4. The van der Waals surface area contributed by atoms with Crippen molar-refractivity contribution in [3.8, 4) is 11.5 Å². The van der Waals surface area contributed by atoms with E-state index >= 15 is 0 Å². The van der Waals surface area contributed by atoms with E-state index in [-0.39, 0.29) is 41.1 Å². The number of nitro groups is 1. The van der Waals surface area contributed by atoms with Crippen LogP contribution in [0, 0.1) is 22.0 Å². The molecule has 2 amide bonds. The molecule has 0 spiro atoms. The fraction of sp³-hybridized carbons (Fsp3) is 0.300. The number of carbonyl (C=O) groups is 2. The molecule has 4 atom stereocenters. The summed E-state index contributed by atoms with van der Waals surface area (Å²) in [5.74, 6) is -1.20. The number of imide groups is 1. The summed E-state index contributed by atoms with van der Waals surface area (Å²) in [6, 6.07) is 10.4. The number of nitrogens with zero attached hydrogens (tertiary/aromatic N) is 2. The number of carbonyl (C=O) groups excluding carboxylic acids is 2. The van der Waals surface area contributed by atoms with Crippen molar-refractivity contribution in [1.82, 2.24) is 0 Å². The van der Waals surface area contributed by atoms with E-state index in [4.69, 9.17) is 21.1 Å². The molecule has 9 heteroatoms. The fourth-order valence-electron chi connectivity index (χ4n) is 4.47. The molecule has 0 unspecified atom stereocenters. The Kier molecular flexibility index (Phi) is 4.07. The Bertz CT molecular complexity index is 1010. The molecule has 0 radical (unpaired) electrons. The van der Waals surface area contributed by atoms with E-state index in [0.717, 1.165) is 17.7 Å². The minimum absolute atomic E-state index is 0.131. The first-order chi connectivity index (χ1) is 13.9. The van der Waals surface area contributed by atoms with E-state index in [1.807, 2.05) is 0 Å². The van der Waals surface area contributed by atoms with Gasteiger partial charge in [0.1, 0.15) is 11.5 Å². The van der Waals surface area contributed by atoms with Crippen LogP contribution in [0.15, 0.2) is 42.5 Å². The van der Waals surface area contributed by atoms with Gasteiger partial charge in [0.05, 0.1) is 40.7 Å². The second-order valence-electron chi connectivity index (χ2n) is 7.35. The third kappa shape index (κ3) is 2.87. The van der Waals surface area contributed by atoms with Crippen LogP contribution in [-0.2, 0) is 14.3 Å². The Balaban J connectivity index is 1.52. The zero-order valence-electron chi connectivity index (χ0n) is 15.0. The highest BCUT2D eigenvalue weighted by Gasteiger charge is 2.62. The second-order valence-corrected chi connectivity index (χ2v) is 7.79. The van der Waals surface area contributed by atoms with Gasteiger partial charge in [0, 0.05) is 17.2 Å². The Morgan fingerprint density at radius 2 is 1.62 bits per heavy atom. The second kappa shape index (κ2) is 6.53. The maximum atomic E-state index is 13.0. The third-order valence-corrected chi connectivity index (χ3v) is 5.93. The predicted octanol–water partition coefficient (Wildman–Crippen LogP) is 3.71. The van der Waals surface area contributed by atoms with Crippen molar-refractivity contribution < 1.29 is 24.0 Å². The zero-order chi connectivity index (χ0) is 20.3. The van der Waals surface area contributed by atoms with Crippen molar-refractivity contribution in [3.05, 3.63) is 57.6 Å². The molecule has 0 N–H and O–H groups in total. The number of hydrogen-bond donors (Lipinski definition) is 0. The van der Waals surface area contributed by atoms with Gasteiger partial charge in [-0.3, -0.25) is 19.7 Å². The smallest absolute Gasteiger partial charge is 0.275 e. The molecule has 2 aromatic rings. The number of fused-ring (bicyclic) bond motifs is 5. The average molecular weight is 415 g/mol. The summed E-state index contributed by atoms with van der Waals surface area (Å²) in [6.45, 7) is 0. The highest BCUT2D eigenvalue weighted by atomic mass is 35.5. The van der Waals surface area contributed by atoms with Crippen molar-refractivity contribution in [2.45, 2.75) is 25.0 Å². The molecular formula is C20H15ClN2O6. The van der Waals surface area contributed by atoms with Crippen LogP contribution in [0.3, 0.4) is 0 Å². The quantitative estimate of drug-likeness (QED) is 0.429. The number of ether oxygens (including phenoxy) is 2. The van der Waals surface area contributed by atoms with Gasteiger partial charge in [0.2, 0.25) is 11.8 Å². The summed E-state index contributed by atoms with van der Waals surface area (Å²) in [7, 11) is 0. The summed E-state index contributed by atoms with van der Waals surface area (Å²) in [4.78, 5) is 37.8. The van der Waals surface area contributed by atoms with Gasteiger partial charge in [-0.1, -0.05) is 11.6 Å². The Morgan fingerprint density at radius 3 is 2.21 bits per heavy atom. The highest BCUT2D eigenvalue weighted by molar-refractivity contribution is 6.30. The number of rotatable bonds is 4. The minimum Gasteiger partial charge on any atom is -0.457 e. The first-order valence-corrected chi connectivity index (χ1v) is 9.56. The normalized spacial score (nSPS) is 27.4. The van der Waals surface area contributed by atoms with Gasteiger partial charge >= 0.3 is 0 Å². The van der Waals surface area contributed by atoms with Crippen molar-refractivity contribution in [3.63, 3.8) is 0 Å². The number of hydrogen-bond acceptors (Lipinski definition) is 6. The van der Waals surface area contributed by atoms with E-state index in [9.17, 15) is 19.7 Å². The van der Waals surface area contributed by atoms with Crippen LogP contribution >= 0.6 is 11.6 Å². The molecule has 3 aliphatic rings. The molecule has 29 heavy (non-hydrogen) atoms. The SMILES string of the molecule is O=C1[C@@H]2[C@@H](C(=O)N1c1cc(Oc3ccc(Cl)cc3)cc([N+](=O)[O-])c1)[C@H]1CC[C@H]2O1. The number of halogens is 1. The largest absolute Gasteiger partial charge is 0.457 e. The lowest BCUT2D eigenvalue weighted by Gasteiger charge is -2.18. The first kappa shape index (κ1) is 18.1. The predicted molar refractivity (Wildman–Crippen MR) is 102 cm³/mol. The van der Waals surface area contributed by atoms with Crippen molar-refractivity contribution in [2.75, 3.05) is 4.90 Å². The van der Waals surface area contributed by atoms with E-state index in [2.05, 4.69) is 0 Å². The van der Waals surface area contributed by atoms with Crippen molar-refractivity contribution in [2.24, 2.45) is 11.8 Å². The molecule has 5 rings (SSSR count). The molecule has 0 aliphatic carbocycles. The number of amides is 2. The molecule has 2 aromatic carbocycles. The van der Waals surface area contributed by atoms with Gasteiger partial charge in [-0.2, -0.15) is 0 Å². The van der Waals surface area contributed by atoms with Crippen LogP contribution in [0.2, 0.25) is 5.02 Å². The van der Waals surface area contributed by atoms with Gasteiger partial charge in [-0.05, 0) is 37.1 Å². The minimum atomic E-state index is -0.586. The van der Waals surface area contributed by atoms with Crippen LogP contribution in [0.25, 0.3) is 0 Å². The van der Waals surface area contributed by atoms with Crippen molar-refractivity contribution in [1.29, 1.82) is 0 Å². The lowest BCUT2D eigenvalue weighted by atomic mass is 9.81. The van der Waals surface area contributed by atoms with E-state index in [1.54, 1.807) is 24.3 Å². The molecular weight excluding hydrogens is 400 g/mol. The molecule has 0 saturated carbocycles. The molecule has 3 heterocycles. The molecule has 3 aliphatic heterocycles. The Morgan fingerprint density at radius 1 is 1.00 bits per heavy atom. The average Bonchev–Trinajstić information content (AvgIpc) is 3.37. The maximum Gasteiger partial charge on any atom is 0.275 e. The number of nitro benzene ring substituents is 1. The maximum absolute atomic E-state index is 13.0. The summed E-state index contributed by atoms with van der Waals surface area (Å²) in [5.41, 5.74) is -0.143. The summed E-state index contributed by atoms with van der Waals surface area (Å²) >= 11 is 5.86. The number of benzene rings is 2. The van der Waals surface area contributed by atoms with E-state index in [1.165, 1.54) is 18.2 Å². The summed E-state index contributed by atoms with van der Waals surface area (Å²) in [6.07, 6.45) is 0.988. The monoisotopic (exact) mass is 414 g/mol. The molecule has 0 aromatic heterocycles. The third-order valence-electron chi connectivity index (χ3n) is 5.68. The van der Waals surface area contributed by atoms with Crippen LogP contribution in [0.4, 0.5) is 11.4 Å². The molecule has 8 nitrogen and oxygen atoms in total. The zero-order valence-corrected chi connectivity index (χ0v) is 15.7. The van der Waals surface area contributed by atoms with Gasteiger partial charge in [0.15, 0.2) is 0 Å². The number of anilines is 1. The Labute approximate surface area is 170 Å². The van der Waals surface area contributed by atoms with Crippen LogP contribution < -0.4 is 9.64 Å². The molecule has 3 saturated heterocycles. The van der Waals surface area contributed by atoms with Gasteiger partial charge in [-0.25, -0.2) is 4.90 Å². The van der Waals surface area contributed by atoms with Crippen LogP contribution in [0.5, 0.6) is 11.5 Å². The van der Waals surface area contributed by atoms with Gasteiger partial charge in [-0.15, -0.1) is 0 Å². The molecule has 3 fully saturated rings. The topological polar surface area (TPSA) is 99.0 Å². The number of non-ortho nitro benzene ring substituents is 1. The first-order valence-electron chi connectivity index (χ1n) is 9.18. The lowest BCUT2D eigenvalue weighted by molar-refractivity contribution is -0.384. The Hall–Kier alpha value is -2.97. The highest BCUT2D eigenvalue weighted by Crippen LogP contribution is 2.50. The lowest BCUT2D eigenvalue weighted by Crippen LogP contribution is -2.34. The van der Waals surface area contributed by atoms with E-state index in [0.29, 0.717) is 10.8 Å². The van der Waals surface area contributed by atoms with Crippen LogP contribution in [-0.4, -0.2) is 28.9 Å². The fourth-order valence-corrected chi connectivity index (χ4v) is 4.59. The molecule has 148 valence electrons. The standard InChI is InChI=1S/C20H15ClN2O6/c21-10-1-3-13(4-2-10)28-14-8-11(7-12(9-14)23(26)27)22-19(24)17-15-5-6-16(29-15)18(17)20(22)25/h1-4,7-9,15-18H,5-6H2/t15-,16-,17+,18+/m1/s1. The van der Waals surface area contributed by atoms with Crippen molar-refractivity contribution >= 4 is 34.8 Å². The van der Waals surface area contributed by atoms with E-state index < -0.39 is 16.8 Å². The summed E-state index contributed by atoms with van der Waals surface area (Å²) in [5, 5.41) is 11.9. The van der Waals surface area contributed by atoms with Crippen LogP contribution in [0.1, 0.15) is 12.8 Å². The molecule has 2 bridgehead atoms. The van der Waals surface area contributed by atoms with Gasteiger partial charge < -0.3 is 9.47 Å².